The molecule has 18 heavy (non-hydrogen) atoms. The molecule has 1 N–H and O–H groups in total. The maximum atomic E-state index is 5.13. The summed E-state index contributed by atoms with van der Waals surface area (Å²) >= 11 is 0. The summed E-state index contributed by atoms with van der Waals surface area (Å²) in [4.78, 5) is 15.2. The molecule has 0 atom stereocenters. The second-order valence-corrected chi connectivity index (χ2v) is 4.42. The van der Waals surface area contributed by atoms with E-state index in [9.17, 15) is 0 Å². The molecule has 0 bridgehead atoms. The Bertz CT molecular complexity index is 370. The molecule has 2 rings (SSSR count). The van der Waals surface area contributed by atoms with E-state index < -0.39 is 0 Å². The Morgan fingerprint density at radius 1 is 1.28 bits per heavy atom. The number of hydrogen-bond donors (Lipinski definition) is 1. The molecular weight excluding hydrogens is 230 g/mol. The molecule has 0 spiro atoms. The normalized spacial score (nSPS) is 15.7. The standard InChI is InChI=1S/C12H21N5O/c1-4-17(9-7-5-6-8-9)11-14-10(13-2)15-12(16-11)18-3/h9H,4-8H2,1-3H3,(H,13,14,15,16). The molecule has 1 fully saturated rings. The van der Waals surface area contributed by atoms with Gasteiger partial charge in [-0.1, -0.05) is 12.8 Å². The Hall–Kier alpha value is -1.59. The lowest BCUT2D eigenvalue weighted by Crippen LogP contribution is -2.34. The van der Waals surface area contributed by atoms with Gasteiger partial charge in [0.2, 0.25) is 11.9 Å². The van der Waals surface area contributed by atoms with E-state index in [1.807, 2.05) is 0 Å². The van der Waals surface area contributed by atoms with Crippen molar-refractivity contribution in [1.29, 1.82) is 0 Å². The highest BCUT2D eigenvalue weighted by molar-refractivity contribution is 5.39. The van der Waals surface area contributed by atoms with Crippen LogP contribution >= 0.6 is 0 Å². The van der Waals surface area contributed by atoms with Crippen LogP contribution in [0, 0.1) is 0 Å². The zero-order valence-electron chi connectivity index (χ0n) is 11.3. The van der Waals surface area contributed by atoms with Gasteiger partial charge >= 0.3 is 6.01 Å². The molecular formula is C12H21N5O. The van der Waals surface area contributed by atoms with Gasteiger partial charge in [-0.3, -0.25) is 0 Å². The predicted molar refractivity (Wildman–Crippen MR) is 71.2 cm³/mol. The molecule has 1 aromatic heterocycles. The first-order valence-electron chi connectivity index (χ1n) is 6.53. The molecule has 0 radical (unpaired) electrons. The zero-order valence-corrected chi connectivity index (χ0v) is 11.3. The minimum absolute atomic E-state index is 0.362. The summed E-state index contributed by atoms with van der Waals surface area (Å²) in [6.45, 7) is 3.04. The molecule has 6 heteroatoms. The Morgan fingerprint density at radius 3 is 2.56 bits per heavy atom. The second kappa shape index (κ2) is 5.84. The summed E-state index contributed by atoms with van der Waals surface area (Å²) in [5.41, 5.74) is 0. The fourth-order valence-electron chi connectivity index (χ4n) is 2.46. The van der Waals surface area contributed by atoms with Crippen LogP contribution < -0.4 is 15.0 Å². The van der Waals surface area contributed by atoms with Gasteiger partial charge in [0.05, 0.1) is 7.11 Å². The number of hydrogen-bond acceptors (Lipinski definition) is 6. The molecule has 1 aromatic rings. The molecule has 6 nitrogen and oxygen atoms in total. The van der Waals surface area contributed by atoms with Crippen molar-refractivity contribution < 1.29 is 4.74 Å². The van der Waals surface area contributed by atoms with Crippen LogP contribution in [0.4, 0.5) is 11.9 Å². The summed E-state index contributed by atoms with van der Waals surface area (Å²) in [6, 6.07) is 0.910. The van der Waals surface area contributed by atoms with Crippen molar-refractivity contribution in [3.8, 4) is 6.01 Å². The molecule has 1 aliphatic carbocycles. The molecule has 0 aromatic carbocycles. The van der Waals surface area contributed by atoms with E-state index in [0.717, 1.165) is 6.54 Å². The first kappa shape index (κ1) is 12.9. The van der Waals surface area contributed by atoms with E-state index in [-0.39, 0.29) is 0 Å². The predicted octanol–water partition coefficient (Wildman–Crippen LogP) is 1.69. The van der Waals surface area contributed by atoms with Crippen molar-refractivity contribution in [2.75, 3.05) is 30.9 Å². The highest BCUT2D eigenvalue weighted by atomic mass is 16.5. The minimum atomic E-state index is 0.362. The summed E-state index contributed by atoms with van der Waals surface area (Å²) in [5, 5.41) is 2.94. The highest BCUT2D eigenvalue weighted by Gasteiger charge is 2.24. The van der Waals surface area contributed by atoms with Gasteiger partial charge in [0, 0.05) is 19.6 Å². The number of anilines is 2. The van der Waals surface area contributed by atoms with Crippen molar-refractivity contribution in [3.63, 3.8) is 0 Å². The Labute approximate surface area is 108 Å². The number of rotatable bonds is 5. The fourth-order valence-corrected chi connectivity index (χ4v) is 2.46. The largest absolute Gasteiger partial charge is 0.467 e. The summed E-state index contributed by atoms with van der Waals surface area (Å²) in [7, 11) is 3.37. The van der Waals surface area contributed by atoms with E-state index in [0.29, 0.717) is 23.9 Å². The van der Waals surface area contributed by atoms with Crippen molar-refractivity contribution in [3.05, 3.63) is 0 Å². The summed E-state index contributed by atoms with van der Waals surface area (Å²) in [6.07, 6.45) is 5.03. The van der Waals surface area contributed by atoms with Gasteiger partial charge in [0.15, 0.2) is 0 Å². The maximum Gasteiger partial charge on any atom is 0.322 e. The van der Waals surface area contributed by atoms with Gasteiger partial charge in [-0.25, -0.2) is 0 Å². The van der Waals surface area contributed by atoms with E-state index in [4.69, 9.17) is 4.74 Å². The first-order valence-corrected chi connectivity index (χ1v) is 6.53. The van der Waals surface area contributed by atoms with Crippen molar-refractivity contribution >= 4 is 11.9 Å². The molecule has 1 heterocycles. The molecule has 100 valence electrons. The topological polar surface area (TPSA) is 63.2 Å². The Kier molecular flexibility index (Phi) is 4.17. The lowest BCUT2D eigenvalue weighted by atomic mass is 10.2. The van der Waals surface area contributed by atoms with Gasteiger partial charge < -0.3 is 15.0 Å². The molecule has 1 saturated carbocycles. The third kappa shape index (κ3) is 2.63. The number of methoxy groups -OCH3 is 1. The zero-order chi connectivity index (χ0) is 13.0. The number of nitrogens with one attached hydrogen (secondary N) is 1. The molecule has 0 unspecified atom stereocenters. The minimum Gasteiger partial charge on any atom is -0.467 e. The van der Waals surface area contributed by atoms with E-state index >= 15 is 0 Å². The van der Waals surface area contributed by atoms with Crippen LogP contribution in [0.5, 0.6) is 6.01 Å². The smallest absolute Gasteiger partial charge is 0.322 e. The molecule has 1 aliphatic rings. The number of aromatic nitrogens is 3. The van der Waals surface area contributed by atoms with Crippen LogP contribution in [-0.4, -0.2) is 41.7 Å². The SMILES string of the molecule is CCN(c1nc(NC)nc(OC)n1)C1CCCC1. The highest BCUT2D eigenvalue weighted by Crippen LogP contribution is 2.27. The van der Waals surface area contributed by atoms with Gasteiger partial charge in [0.1, 0.15) is 0 Å². The monoisotopic (exact) mass is 251 g/mol. The molecule has 0 aliphatic heterocycles. The number of nitrogens with zero attached hydrogens (tertiary/aromatic N) is 4. The third-order valence-corrected chi connectivity index (χ3v) is 3.37. The van der Waals surface area contributed by atoms with Crippen LogP contribution in [-0.2, 0) is 0 Å². The number of ether oxygens (including phenoxy) is 1. The summed E-state index contributed by atoms with van der Waals surface area (Å²) < 4.78 is 5.13. The van der Waals surface area contributed by atoms with Crippen molar-refractivity contribution in [2.24, 2.45) is 0 Å². The second-order valence-electron chi connectivity index (χ2n) is 4.42. The average molecular weight is 251 g/mol. The third-order valence-electron chi connectivity index (χ3n) is 3.37. The Morgan fingerprint density at radius 2 is 2.00 bits per heavy atom. The van der Waals surface area contributed by atoms with E-state index in [1.54, 1.807) is 14.2 Å². The first-order chi connectivity index (χ1) is 8.78. The van der Waals surface area contributed by atoms with Gasteiger partial charge in [0.25, 0.3) is 0 Å². The van der Waals surface area contributed by atoms with E-state index in [2.05, 4.69) is 32.1 Å². The lowest BCUT2D eigenvalue weighted by Gasteiger charge is -2.27. The molecule has 0 amide bonds. The van der Waals surface area contributed by atoms with Crippen LogP contribution in [0.15, 0.2) is 0 Å². The van der Waals surface area contributed by atoms with E-state index in [1.165, 1.54) is 25.7 Å². The van der Waals surface area contributed by atoms with Crippen molar-refractivity contribution in [2.45, 2.75) is 38.6 Å². The van der Waals surface area contributed by atoms with Gasteiger partial charge in [-0.15, -0.1) is 0 Å². The lowest BCUT2D eigenvalue weighted by molar-refractivity contribution is 0.378. The Balaban J connectivity index is 2.28. The van der Waals surface area contributed by atoms with Crippen LogP contribution in [0.25, 0.3) is 0 Å². The van der Waals surface area contributed by atoms with Crippen molar-refractivity contribution in [1.82, 2.24) is 15.0 Å². The maximum absolute atomic E-state index is 5.13. The van der Waals surface area contributed by atoms with Gasteiger partial charge in [-0.05, 0) is 19.8 Å². The average Bonchev–Trinajstić information content (AvgIpc) is 2.93. The fraction of sp³-hybridized carbons (Fsp3) is 0.750. The van der Waals surface area contributed by atoms with Crippen LogP contribution in [0.2, 0.25) is 0 Å². The quantitative estimate of drug-likeness (QED) is 0.859. The summed E-state index contributed by atoms with van der Waals surface area (Å²) in [5.74, 6) is 1.26. The van der Waals surface area contributed by atoms with Crippen LogP contribution in [0.1, 0.15) is 32.6 Å². The van der Waals surface area contributed by atoms with Crippen LogP contribution in [0.3, 0.4) is 0 Å². The molecule has 0 saturated heterocycles. The van der Waals surface area contributed by atoms with Gasteiger partial charge in [-0.2, -0.15) is 15.0 Å².